The van der Waals surface area contributed by atoms with Crippen molar-refractivity contribution >= 4 is 11.8 Å². The van der Waals surface area contributed by atoms with Crippen molar-refractivity contribution in [2.45, 2.75) is 75.4 Å². The van der Waals surface area contributed by atoms with Gasteiger partial charge in [-0.2, -0.15) is 44.3 Å². The Balaban J connectivity index is 2.08. The third kappa shape index (κ3) is 7.46. The van der Waals surface area contributed by atoms with Crippen molar-refractivity contribution in [1.82, 2.24) is 20.2 Å². The summed E-state index contributed by atoms with van der Waals surface area (Å²) in [7, 11) is 0. The van der Waals surface area contributed by atoms with Crippen LogP contribution in [0.3, 0.4) is 0 Å². The summed E-state index contributed by atoms with van der Waals surface area (Å²) >= 11 is 0. The summed E-state index contributed by atoms with van der Waals surface area (Å²) in [6, 6.07) is 2.99. The Morgan fingerprint density at radius 2 is 1.60 bits per heavy atom. The van der Waals surface area contributed by atoms with Gasteiger partial charge in [0.15, 0.2) is 5.82 Å². The van der Waals surface area contributed by atoms with Crippen LogP contribution >= 0.6 is 0 Å². The number of fused-ring (bicyclic) bond motifs is 1. The molecule has 2 unspecified atom stereocenters. The van der Waals surface area contributed by atoms with Gasteiger partial charge in [-0.15, -0.1) is 10.2 Å². The largest absolute Gasteiger partial charge is 0.449 e. The highest BCUT2D eigenvalue weighted by atomic mass is 19.4. The highest BCUT2D eigenvalue weighted by molar-refractivity contribution is 5.91. The Labute approximate surface area is 261 Å². The predicted octanol–water partition coefficient (Wildman–Crippen LogP) is 5.40. The number of alkyl halides is 9. The minimum Gasteiger partial charge on any atom is -0.449 e. The molecule has 5 N–H and O–H groups in total. The molecule has 4 rings (SSSR count). The summed E-state index contributed by atoms with van der Waals surface area (Å²) in [6.07, 6.45) is -18.3. The summed E-state index contributed by atoms with van der Waals surface area (Å²) in [5.41, 5.74) is 4.56. The van der Waals surface area contributed by atoms with E-state index in [4.69, 9.17) is 16.2 Å². The van der Waals surface area contributed by atoms with Gasteiger partial charge in [0.2, 0.25) is 0 Å². The van der Waals surface area contributed by atoms with Gasteiger partial charge >= 0.3 is 24.6 Å². The molecule has 0 spiro atoms. The maximum atomic E-state index is 14.0. The number of ether oxygens (including phenoxy) is 1. The quantitative estimate of drug-likeness (QED) is 0.268. The Morgan fingerprint density at radius 3 is 2.11 bits per heavy atom. The minimum atomic E-state index is -5.27. The fraction of sp³-hybridized carbons (Fsp3) is 0.500. The van der Waals surface area contributed by atoms with Gasteiger partial charge in [-0.05, 0) is 72.5 Å². The molecule has 1 aliphatic rings. The SMILES string of the molecule is CCOC(=O)N1c2ccc(C(F)(F)F)cc2[C@H](C(c2cc(C(F)(F)F)cc(C(F)(F)F)c2)c2nnn(CC(O)CN)n2)C[C@@]1(N)CC. The number of aliphatic hydroxyl groups excluding tert-OH is 1. The van der Waals surface area contributed by atoms with E-state index >= 15 is 0 Å². The van der Waals surface area contributed by atoms with Crippen LogP contribution < -0.4 is 16.4 Å². The minimum absolute atomic E-state index is 0.0747. The lowest BCUT2D eigenvalue weighted by atomic mass is 9.71. The number of aromatic nitrogens is 4. The molecule has 47 heavy (non-hydrogen) atoms. The van der Waals surface area contributed by atoms with Gasteiger partial charge in [0.05, 0.1) is 53.2 Å². The number of aliphatic hydroxyl groups is 1. The molecule has 0 saturated carbocycles. The van der Waals surface area contributed by atoms with E-state index in [1.165, 1.54) is 13.8 Å². The van der Waals surface area contributed by atoms with Crippen molar-refractivity contribution in [1.29, 1.82) is 0 Å². The Hall–Kier alpha value is -3.97. The first kappa shape index (κ1) is 35.9. The highest BCUT2D eigenvalue weighted by Gasteiger charge is 2.50. The Bertz CT molecular complexity index is 1560. The molecule has 10 nitrogen and oxygen atoms in total. The number of tetrazole rings is 1. The van der Waals surface area contributed by atoms with Crippen LogP contribution in [-0.4, -0.2) is 56.3 Å². The second-order valence-electron chi connectivity index (χ2n) is 11.0. The van der Waals surface area contributed by atoms with E-state index in [1.54, 1.807) is 0 Å². The van der Waals surface area contributed by atoms with E-state index in [2.05, 4.69) is 15.4 Å². The molecular formula is C28H30F9N7O3. The van der Waals surface area contributed by atoms with Crippen molar-refractivity contribution in [2.24, 2.45) is 11.5 Å². The molecule has 258 valence electrons. The zero-order chi connectivity index (χ0) is 35.1. The second kappa shape index (κ2) is 12.9. The third-order valence-electron chi connectivity index (χ3n) is 7.84. The summed E-state index contributed by atoms with van der Waals surface area (Å²) in [6.45, 7) is 2.21. The standard InChI is InChI=1S/C28H30F9N7O3/c1-3-25(39)11-20(19-10-15(26(29,30)31)5-6-21(19)44(25)24(46)47-4-2)22(23-40-42-43(41-23)13-18(45)12-38)14-7-16(27(32,33)34)9-17(8-14)28(35,36)37/h5-10,18,20,22,45H,3-4,11-13,38-39H2,1-2H3/t18?,20-,22?,25-/m1/s1. The average molecular weight is 684 g/mol. The number of halogens is 9. The van der Waals surface area contributed by atoms with Crippen LogP contribution in [0.4, 0.5) is 50.0 Å². The van der Waals surface area contributed by atoms with E-state index in [0.717, 1.165) is 15.8 Å². The molecule has 3 aromatic rings. The molecule has 2 aromatic carbocycles. The number of nitrogens with two attached hydrogens (primary N) is 2. The van der Waals surface area contributed by atoms with Crippen molar-refractivity contribution in [2.75, 3.05) is 18.1 Å². The number of rotatable bonds is 8. The fourth-order valence-corrected chi connectivity index (χ4v) is 5.56. The van der Waals surface area contributed by atoms with Crippen LogP contribution in [0.5, 0.6) is 0 Å². The van der Waals surface area contributed by atoms with Gasteiger partial charge in [0, 0.05) is 12.5 Å². The molecule has 1 aromatic heterocycles. The maximum absolute atomic E-state index is 14.0. The highest BCUT2D eigenvalue weighted by Crippen LogP contribution is 2.52. The number of hydrogen-bond donors (Lipinski definition) is 3. The number of carbonyl (C=O) groups is 1. The van der Waals surface area contributed by atoms with Gasteiger partial charge < -0.3 is 21.3 Å². The monoisotopic (exact) mass is 683 g/mol. The Morgan fingerprint density at radius 1 is 1.00 bits per heavy atom. The number of amides is 1. The first-order valence-corrected chi connectivity index (χ1v) is 14.2. The molecule has 1 aliphatic heterocycles. The van der Waals surface area contributed by atoms with Gasteiger partial charge in [-0.25, -0.2) is 4.79 Å². The predicted molar refractivity (Wildman–Crippen MR) is 147 cm³/mol. The molecule has 0 aliphatic carbocycles. The number of hydrogen-bond acceptors (Lipinski definition) is 8. The molecule has 0 bridgehead atoms. The van der Waals surface area contributed by atoms with E-state index in [-0.39, 0.29) is 43.4 Å². The van der Waals surface area contributed by atoms with E-state index in [0.29, 0.717) is 24.3 Å². The lowest BCUT2D eigenvalue weighted by Gasteiger charge is -2.48. The van der Waals surface area contributed by atoms with Crippen LogP contribution in [0.2, 0.25) is 0 Å². The molecule has 0 radical (unpaired) electrons. The smallest absolute Gasteiger partial charge is 0.416 e. The average Bonchev–Trinajstić information content (AvgIpc) is 3.43. The first-order chi connectivity index (χ1) is 21.7. The molecule has 1 amide bonds. The van der Waals surface area contributed by atoms with Crippen molar-refractivity contribution < 1.29 is 54.2 Å². The Kier molecular flexibility index (Phi) is 9.86. The zero-order valence-electron chi connectivity index (χ0n) is 24.8. The number of benzene rings is 2. The van der Waals surface area contributed by atoms with E-state index in [1.807, 2.05) is 0 Å². The number of anilines is 1. The maximum Gasteiger partial charge on any atom is 0.416 e. The lowest BCUT2D eigenvalue weighted by Crippen LogP contribution is -2.62. The van der Waals surface area contributed by atoms with Gasteiger partial charge in [0.1, 0.15) is 0 Å². The zero-order valence-corrected chi connectivity index (χ0v) is 24.8. The third-order valence-corrected chi connectivity index (χ3v) is 7.84. The van der Waals surface area contributed by atoms with Crippen LogP contribution in [0.25, 0.3) is 0 Å². The molecular weight excluding hydrogens is 653 g/mol. The summed E-state index contributed by atoms with van der Waals surface area (Å²) in [4.78, 5) is 14.9. The van der Waals surface area contributed by atoms with Gasteiger partial charge in [-0.1, -0.05) is 6.92 Å². The van der Waals surface area contributed by atoms with Crippen molar-refractivity contribution in [3.05, 3.63) is 70.0 Å². The number of carbonyl (C=O) groups excluding carboxylic acids is 1. The normalized spacial score (nSPS) is 20.1. The van der Waals surface area contributed by atoms with E-state index < -0.39 is 82.7 Å². The van der Waals surface area contributed by atoms with Crippen molar-refractivity contribution in [3.63, 3.8) is 0 Å². The second-order valence-corrected chi connectivity index (χ2v) is 11.0. The summed E-state index contributed by atoms with van der Waals surface area (Å²) in [5.74, 6) is -3.68. The van der Waals surface area contributed by atoms with Gasteiger partial charge in [-0.3, -0.25) is 4.90 Å². The van der Waals surface area contributed by atoms with Crippen molar-refractivity contribution in [3.8, 4) is 0 Å². The van der Waals surface area contributed by atoms with Crippen LogP contribution in [0.1, 0.15) is 72.2 Å². The molecule has 4 atom stereocenters. The first-order valence-electron chi connectivity index (χ1n) is 14.2. The van der Waals surface area contributed by atoms with Crippen LogP contribution in [-0.2, 0) is 29.8 Å². The summed E-state index contributed by atoms with van der Waals surface area (Å²) in [5, 5.41) is 21.6. The van der Waals surface area contributed by atoms with Crippen LogP contribution in [0, 0.1) is 0 Å². The molecule has 0 saturated heterocycles. The van der Waals surface area contributed by atoms with Gasteiger partial charge in [0.25, 0.3) is 0 Å². The van der Waals surface area contributed by atoms with Crippen LogP contribution in [0.15, 0.2) is 36.4 Å². The topological polar surface area (TPSA) is 145 Å². The summed E-state index contributed by atoms with van der Waals surface area (Å²) < 4.78 is 131. The van der Waals surface area contributed by atoms with E-state index in [9.17, 15) is 49.4 Å². The number of nitrogens with zero attached hydrogens (tertiary/aromatic N) is 5. The molecule has 0 fully saturated rings. The molecule has 19 heteroatoms. The molecule has 2 heterocycles. The fourth-order valence-electron chi connectivity index (χ4n) is 5.56. The lowest BCUT2D eigenvalue weighted by molar-refractivity contribution is -0.143.